The van der Waals surface area contributed by atoms with E-state index in [1.54, 1.807) is 6.07 Å². The molecule has 1 atom stereocenters. The standard InChI is InChI=1S/C26H30Cl3NO/c1-16(26-11-17-6-18(12-26)8-19(7-17)13-26)30-14-21-9-22(27)10-24(29)25(21)31-15-20-4-2-3-5-23(20)28/h2-5,9-10,16-19,30H,6-8,11-15H2,1H3/t16-,17?,18?,19?,26?/m0/s1. The van der Waals surface area contributed by atoms with Crippen molar-refractivity contribution in [2.75, 3.05) is 0 Å². The monoisotopic (exact) mass is 477 g/mol. The van der Waals surface area contributed by atoms with Crippen LogP contribution in [0.1, 0.15) is 56.6 Å². The van der Waals surface area contributed by atoms with Gasteiger partial charge in [-0.15, -0.1) is 0 Å². The summed E-state index contributed by atoms with van der Waals surface area (Å²) >= 11 is 19.2. The molecule has 4 aliphatic carbocycles. The van der Waals surface area contributed by atoms with E-state index in [9.17, 15) is 0 Å². The lowest BCUT2D eigenvalue weighted by Gasteiger charge is -2.59. The van der Waals surface area contributed by atoms with Crippen LogP contribution >= 0.6 is 34.8 Å². The van der Waals surface area contributed by atoms with Crippen molar-refractivity contribution >= 4 is 34.8 Å². The summed E-state index contributed by atoms with van der Waals surface area (Å²) < 4.78 is 6.16. The van der Waals surface area contributed by atoms with E-state index >= 15 is 0 Å². The number of hydrogen-bond donors (Lipinski definition) is 1. The van der Waals surface area contributed by atoms with Crippen molar-refractivity contribution in [1.29, 1.82) is 0 Å². The van der Waals surface area contributed by atoms with Crippen LogP contribution in [0.2, 0.25) is 15.1 Å². The van der Waals surface area contributed by atoms with Crippen LogP contribution in [0.15, 0.2) is 36.4 Å². The van der Waals surface area contributed by atoms with Gasteiger partial charge in [0.2, 0.25) is 0 Å². The molecule has 4 bridgehead atoms. The van der Waals surface area contributed by atoms with Gasteiger partial charge in [0.15, 0.2) is 0 Å². The number of benzene rings is 2. The zero-order valence-electron chi connectivity index (χ0n) is 18.0. The second-order valence-corrected chi connectivity index (χ2v) is 11.4. The minimum Gasteiger partial charge on any atom is -0.487 e. The first-order valence-corrected chi connectivity index (χ1v) is 12.6. The van der Waals surface area contributed by atoms with Gasteiger partial charge in [-0.05, 0) is 86.8 Å². The predicted octanol–water partition coefficient (Wildman–Crippen LogP) is 7.92. The van der Waals surface area contributed by atoms with E-state index in [0.29, 0.717) is 45.4 Å². The second kappa shape index (κ2) is 8.78. The Bertz CT molecular complexity index is 924. The Balaban J connectivity index is 1.30. The number of nitrogens with one attached hydrogen (secondary N) is 1. The first-order valence-electron chi connectivity index (χ1n) is 11.5. The third-order valence-electron chi connectivity index (χ3n) is 8.02. The van der Waals surface area contributed by atoms with Gasteiger partial charge < -0.3 is 10.1 Å². The first kappa shape index (κ1) is 21.9. The lowest BCUT2D eigenvalue weighted by molar-refractivity contribution is -0.0706. The van der Waals surface area contributed by atoms with E-state index in [4.69, 9.17) is 39.5 Å². The summed E-state index contributed by atoms with van der Waals surface area (Å²) in [5, 5.41) is 5.71. The molecule has 4 aliphatic rings. The summed E-state index contributed by atoms with van der Waals surface area (Å²) in [7, 11) is 0. The van der Waals surface area contributed by atoms with Crippen LogP contribution in [0.3, 0.4) is 0 Å². The fourth-order valence-corrected chi connectivity index (χ4v) is 7.64. The van der Waals surface area contributed by atoms with E-state index in [2.05, 4.69) is 12.2 Å². The van der Waals surface area contributed by atoms with Crippen LogP contribution in [0.25, 0.3) is 0 Å². The van der Waals surface area contributed by atoms with Crippen LogP contribution in [0, 0.1) is 23.2 Å². The molecule has 4 fully saturated rings. The van der Waals surface area contributed by atoms with Gasteiger partial charge in [-0.3, -0.25) is 0 Å². The lowest BCUT2D eigenvalue weighted by Crippen LogP contribution is -2.54. The van der Waals surface area contributed by atoms with E-state index in [1.807, 2.05) is 30.3 Å². The number of halogens is 3. The van der Waals surface area contributed by atoms with E-state index in [0.717, 1.165) is 28.9 Å². The summed E-state index contributed by atoms with van der Waals surface area (Å²) in [6, 6.07) is 11.9. The molecular formula is C26H30Cl3NO. The zero-order chi connectivity index (χ0) is 21.6. The molecule has 2 aromatic carbocycles. The minimum atomic E-state index is 0.374. The van der Waals surface area contributed by atoms with Crippen LogP contribution < -0.4 is 10.1 Å². The van der Waals surface area contributed by atoms with Gasteiger partial charge in [0.25, 0.3) is 0 Å². The normalized spacial score (nSPS) is 29.9. The third-order valence-corrected chi connectivity index (χ3v) is 8.89. The quantitative estimate of drug-likeness (QED) is 0.436. The molecule has 0 saturated heterocycles. The van der Waals surface area contributed by atoms with Crippen LogP contribution in [0.5, 0.6) is 5.75 Å². The van der Waals surface area contributed by atoms with Crippen LogP contribution in [-0.2, 0) is 13.2 Å². The molecule has 1 N–H and O–H groups in total. The molecule has 0 aromatic heterocycles. The molecule has 4 saturated carbocycles. The maximum Gasteiger partial charge on any atom is 0.142 e. The number of hydrogen-bond acceptors (Lipinski definition) is 2. The summed E-state index contributed by atoms with van der Waals surface area (Å²) in [5.41, 5.74) is 2.40. The van der Waals surface area contributed by atoms with Crippen molar-refractivity contribution in [1.82, 2.24) is 5.32 Å². The van der Waals surface area contributed by atoms with Gasteiger partial charge in [-0.1, -0.05) is 53.0 Å². The Labute approximate surface area is 200 Å². The molecule has 0 amide bonds. The van der Waals surface area contributed by atoms with Crippen molar-refractivity contribution < 1.29 is 4.74 Å². The Morgan fingerprint density at radius 1 is 0.935 bits per heavy atom. The molecule has 0 heterocycles. The number of rotatable bonds is 7. The lowest BCUT2D eigenvalue weighted by atomic mass is 9.48. The molecule has 0 aliphatic heterocycles. The molecule has 2 nitrogen and oxygen atoms in total. The molecule has 6 rings (SSSR count). The summed E-state index contributed by atoms with van der Waals surface area (Å²) in [6.45, 7) is 3.45. The fourth-order valence-electron chi connectivity index (χ4n) is 6.86. The molecule has 0 radical (unpaired) electrons. The summed E-state index contributed by atoms with van der Waals surface area (Å²) in [6.07, 6.45) is 8.57. The van der Waals surface area contributed by atoms with E-state index in [-0.39, 0.29) is 0 Å². The first-order chi connectivity index (χ1) is 14.9. The van der Waals surface area contributed by atoms with Gasteiger partial charge in [0, 0.05) is 33.8 Å². The Morgan fingerprint density at radius 2 is 1.58 bits per heavy atom. The van der Waals surface area contributed by atoms with Gasteiger partial charge in [0.05, 0.1) is 5.02 Å². The van der Waals surface area contributed by atoms with Gasteiger partial charge in [-0.2, -0.15) is 0 Å². The van der Waals surface area contributed by atoms with Gasteiger partial charge in [-0.25, -0.2) is 0 Å². The highest BCUT2D eigenvalue weighted by Crippen LogP contribution is 2.61. The molecule has 0 unspecified atom stereocenters. The summed E-state index contributed by atoms with van der Waals surface area (Å²) in [5.74, 6) is 3.54. The Morgan fingerprint density at radius 3 is 2.23 bits per heavy atom. The average molecular weight is 479 g/mol. The minimum absolute atomic E-state index is 0.374. The van der Waals surface area contributed by atoms with Crippen LogP contribution in [-0.4, -0.2) is 6.04 Å². The van der Waals surface area contributed by atoms with Crippen molar-refractivity contribution in [3.8, 4) is 5.75 Å². The number of ether oxygens (including phenoxy) is 1. The van der Waals surface area contributed by atoms with Crippen molar-refractivity contribution in [2.45, 2.75) is 64.6 Å². The highest BCUT2D eigenvalue weighted by molar-refractivity contribution is 6.35. The zero-order valence-corrected chi connectivity index (χ0v) is 20.2. The Kier molecular flexibility index (Phi) is 6.20. The molecule has 31 heavy (non-hydrogen) atoms. The fraction of sp³-hybridized carbons (Fsp3) is 0.538. The van der Waals surface area contributed by atoms with Gasteiger partial charge >= 0.3 is 0 Å². The van der Waals surface area contributed by atoms with Gasteiger partial charge in [0.1, 0.15) is 12.4 Å². The largest absolute Gasteiger partial charge is 0.487 e. The predicted molar refractivity (Wildman–Crippen MR) is 129 cm³/mol. The topological polar surface area (TPSA) is 21.3 Å². The second-order valence-electron chi connectivity index (χ2n) is 10.1. The maximum atomic E-state index is 6.54. The highest BCUT2D eigenvalue weighted by atomic mass is 35.5. The SMILES string of the molecule is C[C@H](NCc1cc(Cl)cc(Cl)c1OCc1ccccc1Cl)C12CC3CC(CC(C3)C1)C2. The molecule has 166 valence electrons. The molecular weight excluding hydrogens is 449 g/mol. The molecule has 0 spiro atoms. The maximum absolute atomic E-state index is 6.54. The van der Waals surface area contributed by atoms with Crippen molar-refractivity contribution in [3.05, 3.63) is 62.6 Å². The molecule has 2 aromatic rings. The highest BCUT2D eigenvalue weighted by Gasteiger charge is 2.52. The van der Waals surface area contributed by atoms with E-state index < -0.39 is 0 Å². The smallest absolute Gasteiger partial charge is 0.142 e. The van der Waals surface area contributed by atoms with Crippen LogP contribution in [0.4, 0.5) is 0 Å². The summed E-state index contributed by atoms with van der Waals surface area (Å²) in [4.78, 5) is 0. The third kappa shape index (κ3) is 4.47. The average Bonchev–Trinajstić information content (AvgIpc) is 2.71. The van der Waals surface area contributed by atoms with Crippen molar-refractivity contribution in [2.24, 2.45) is 23.2 Å². The van der Waals surface area contributed by atoms with Crippen molar-refractivity contribution in [3.63, 3.8) is 0 Å². The Hall–Kier alpha value is -0.930. The molecule has 5 heteroatoms. The van der Waals surface area contributed by atoms with E-state index in [1.165, 1.54) is 38.5 Å².